The molecule has 96 valence electrons. The van der Waals surface area contributed by atoms with Gasteiger partial charge in [-0.05, 0) is 38.1 Å². The second-order valence-corrected chi connectivity index (χ2v) is 5.46. The molecule has 0 saturated heterocycles. The third kappa shape index (κ3) is 2.76. The van der Waals surface area contributed by atoms with Gasteiger partial charge in [0, 0.05) is 4.88 Å². The summed E-state index contributed by atoms with van der Waals surface area (Å²) >= 11 is 1.69. The Morgan fingerprint density at radius 2 is 1.94 bits per heavy atom. The van der Waals surface area contributed by atoms with Crippen LogP contribution < -0.4 is 5.32 Å². The summed E-state index contributed by atoms with van der Waals surface area (Å²) in [4.78, 5) is 5.67. The Labute approximate surface area is 111 Å². The van der Waals surface area contributed by atoms with Crippen LogP contribution in [0.4, 0.5) is 4.39 Å². The van der Waals surface area contributed by atoms with Gasteiger partial charge < -0.3 is 5.32 Å². The lowest BCUT2D eigenvalue weighted by Gasteiger charge is -2.17. The SMILES string of the molecule is CCNC(c1ccc(F)cc1)c1sc(C)nc1C. The molecule has 18 heavy (non-hydrogen) atoms. The van der Waals surface area contributed by atoms with Crippen molar-refractivity contribution < 1.29 is 4.39 Å². The molecule has 2 aromatic rings. The average molecular weight is 264 g/mol. The fraction of sp³-hybridized carbons (Fsp3) is 0.357. The van der Waals surface area contributed by atoms with E-state index >= 15 is 0 Å². The number of rotatable bonds is 4. The molecule has 1 atom stereocenters. The molecule has 0 aliphatic rings. The molecule has 1 aromatic heterocycles. The Bertz CT molecular complexity index is 519. The molecule has 2 nitrogen and oxygen atoms in total. The van der Waals surface area contributed by atoms with Crippen LogP contribution in [0.3, 0.4) is 0 Å². The highest BCUT2D eigenvalue weighted by atomic mass is 32.1. The van der Waals surface area contributed by atoms with Gasteiger partial charge in [0.15, 0.2) is 0 Å². The van der Waals surface area contributed by atoms with Crippen molar-refractivity contribution in [2.75, 3.05) is 6.54 Å². The van der Waals surface area contributed by atoms with Gasteiger partial charge in [-0.2, -0.15) is 0 Å². The standard InChI is InChI=1S/C14H17FN2S/c1-4-16-13(11-5-7-12(15)8-6-11)14-9(2)17-10(3)18-14/h5-8,13,16H,4H2,1-3H3. The molecular formula is C14H17FN2S. The minimum absolute atomic E-state index is 0.0989. The van der Waals surface area contributed by atoms with Crippen molar-refractivity contribution in [3.63, 3.8) is 0 Å². The van der Waals surface area contributed by atoms with Crippen LogP contribution in [0.1, 0.15) is 34.1 Å². The molecule has 1 heterocycles. The van der Waals surface area contributed by atoms with E-state index in [-0.39, 0.29) is 11.9 Å². The maximum absolute atomic E-state index is 13.0. The topological polar surface area (TPSA) is 24.9 Å². The largest absolute Gasteiger partial charge is 0.306 e. The van der Waals surface area contributed by atoms with Gasteiger partial charge in [0.25, 0.3) is 0 Å². The van der Waals surface area contributed by atoms with Crippen molar-refractivity contribution in [1.82, 2.24) is 10.3 Å². The number of nitrogens with zero attached hydrogens (tertiary/aromatic N) is 1. The first-order chi connectivity index (χ1) is 8.61. The number of hydrogen-bond donors (Lipinski definition) is 1. The second kappa shape index (κ2) is 5.59. The first kappa shape index (κ1) is 13.2. The van der Waals surface area contributed by atoms with Crippen LogP contribution in [-0.2, 0) is 0 Å². The van der Waals surface area contributed by atoms with E-state index in [1.165, 1.54) is 17.0 Å². The van der Waals surface area contributed by atoms with Gasteiger partial charge in [0.2, 0.25) is 0 Å². The van der Waals surface area contributed by atoms with E-state index in [0.29, 0.717) is 0 Å². The predicted octanol–water partition coefficient (Wildman–Crippen LogP) is 3.60. The molecule has 0 saturated carbocycles. The van der Waals surface area contributed by atoms with Gasteiger partial charge in [-0.15, -0.1) is 11.3 Å². The van der Waals surface area contributed by atoms with Crippen LogP contribution in [0.15, 0.2) is 24.3 Å². The molecule has 0 aliphatic heterocycles. The second-order valence-electron chi connectivity index (χ2n) is 4.22. The summed E-state index contributed by atoms with van der Waals surface area (Å²) in [7, 11) is 0. The highest BCUT2D eigenvalue weighted by molar-refractivity contribution is 7.11. The van der Waals surface area contributed by atoms with E-state index < -0.39 is 0 Å². The zero-order valence-electron chi connectivity index (χ0n) is 10.8. The lowest BCUT2D eigenvalue weighted by Crippen LogP contribution is -2.21. The van der Waals surface area contributed by atoms with E-state index in [4.69, 9.17) is 0 Å². The molecule has 0 aliphatic carbocycles. The number of halogens is 1. The van der Waals surface area contributed by atoms with Crippen molar-refractivity contribution in [3.05, 3.63) is 51.2 Å². The molecule has 4 heteroatoms. The van der Waals surface area contributed by atoms with Crippen molar-refractivity contribution in [2.45, 2.75) is 26.8 Å². The van der Waals surface area contributed by atoms with Gasteiger partial charge in [-0.1, -0.05) is 19.1 Å². The van der Waals surface area contributed by atoms with Crippen LogP contribution in [0.5, 0.6) is 0 Å². The molecule has 0 fully saturated rings. The van der Waals surface area contributed by atoms with Crippen molar-refractivity contribution >= 4 is 11.3 Å². The van der Waals surface area contributed by atoms with Gasteiger partial charge in [0.1, 0.15) is 5.82 Å². The fourth-order valence-electron chi connectivity index (χ4n) is 2.04. The van der Waals surface area contributed by atoms with E-state index in [1.807, 2.05) is 26.0 Å². The maximum Gasteiger partial charge on any atom is 0.123 e. The smallest absolute Gasteiger partial charge is 0.123 e. The van der Waals surface area contributed by atoms with Crippen LogP contribution in [0.2, 0.25) is 0 Å². The zero-order chi connectivity index (χ0) is 13.1. The zero-order valence-corrected chi connectivity index (χ0v) is 11.6. The Morgan fingerprint density at radius 3 is 2.44 bits per heavy atom. The predicted molar refractivity (Wildman–Crippen MR) is 73.5 cm³/mol. The summed E-state index contributed by atoms with van der Waals surface area (Å²) in [5, 5.41) is 4.50. The van der Waals surface area contributed by atoms with E-state index in [1.54, 1.807) is 11.3 Å². The molecule has 1 N–H and O–H groups in total. The number of aryl methyl sites for hydroxylation is 2. The molecule has 0 radical (unpaired) electrons. The molecular weight excluding hydrogens is 247 g/mol. The van der Waals surface area contributed by atoms with Gasteiger partial charge in [0.05, 0.1) is 16.7 Å². The third-order valence-corrected chi connectivity index (χ3v) is 3.95. The van der Waals surface area contributed by atoms with Gasteiger partial charge in [-0.3, -0.25) is 0 Å². The quantitative estimate of drug-likeness (QED) is 0.912. The Morgan fingerprint density at radius 1 is 1.28 bits per heavy atom. The molecule has 1 unspecified atom stereocenters. The number of aromatic nitrogens is 1. The summed E-state index contributed by atoms with van der Waals surface area (Å²) in [6.45, 7) is 6.96. The highest BCUT2D eigenvalue weighted by Crippen LogP contribution is 2.29. The summed E-state index contributed by atoms with van der Waals surface area (Å²) in [6, 6.07) is 6.77. The first-order valence-electron chi connectivity index (χ1n) is 6.04. The summed E-state index contributed by atoms with van der Waals surface area (Å²) < 4.78 is 13.0. The average Bonchev–Trinajstić information content (AvgIpc) is 2.67. The maximum atomic E-state index is 13.0. The lowest BCUT2D eigenvalue weighted by atomic mass is 10.0. The number of benzene rings is 1. The minimum atomic E-state index is -0.203. The summed E-state index contributed by atoms with van der Waals surface area (Å²) in [6.07, 6.45) is 0. The van der Waals surface area contributed by atoms with E-state index in [2.05, 4.69) is 17.2 Å². The summed E-state index contributed by atoms with van der Waals surface area (Å²) in [5.41, 5.74) is 2.12. The lowest BCUT2D eigenvalue weighted by molar-refractivity contribution is 0.615. The Kier molecular flexibility index (Phi) is 4.09. The van der Waals surface area contributed by atoms with Crippen molar-refractivity contribution in [3.8, 4) is 0 Å². The van der Waals surface area contributed by atoms with Gasteiger partial charge >= 0.3 is 0 Å². The van der Waals surface area contributed by atoms with E-state index in [9.17, 15) is 4.39 Å². The molecule has 1 aromatic carbocycles. The van der Waals surface area contributed by atoms with Gasteiger partial charge in [-0.25, -0.2) is 9.37 Å². The molecule has 0 bridgehead atoms. The summed E-state index contributed by atoms with van der Waals surface area (Å²) in [5.74, 6) is -0.203. The monoisotopic (exact) mass is 264 g/mol. The van der Waals surface area contributed by atoms with E-state index in [0.717, 1.165) is 22.8 Å². The first-order valence-corrected chi connectivity index (χ1v) is 6.86. The van der Waals surface area contributed by atoms with Crippen LogP contribution in [0, 0.1) is 19.7 Å². The van der Waals surface area contributed by atoms with Crippen LogP contribution in [0.25, 0.3) is 0 Å². The normalized spacial score (nSPS) is 12.7. The van der Waals surface area contributed by atoms with Crippen molar-refractivity contribution in [2.24, 2.45) is 0 Å². The molecule has 0 spiro atoms. The highest BCUT2D eigenvalue weighted by Gasteiger charge is 2.18. The van der Waals surface area contributed by atoms with Crippen LogP contribution in [-0.4, -0.2) is 11.5 Å². The van der Waals surface area contributed by atoms with Crippen molar-refractivity contribution in [1.29, 1.82) is 0 Å². The fourth-order valence-corrected chi connectivity index (χ4v) is 3.07. The minimum Gasteiger partial charge on any atom is -0.306 e. The Hall–Kier alpha value is -1.26. The molecule has 0 amide bonds. The number of nitrogens with one attached hydrogen (secondary N) is 1. The third-order valence-electron chi connectivity index (χ3n) is 2.81. The molecule has 2 rings (SSSR count). The number of hydrogen-bond acceptors (Lipinski definition) is 3. The van der Waals surface area contributed by atoms with Crippen LogP contribution >= 0.6 is 11.3 Å². The number of thiazole rings is 1. The Balaban J connectivity index is 2.39.